The summed E-state index contributed by atoms with van der Waals surface area (Å²) in [7, 11) is 0. The Morgan fingerprint density at radius 3 is 2.89 bits per heavy atom. The lowest BCUT2D eigenvalue weighted by Gasteiger charge is -2.02. The number of carboxylic acid groups (broad SMARTS) is 1. The summed E-state index contributed by atoms with van der Waals surface area (Å²) in [4.78, 5) is 22.4. The predicted octanol–water partition coefficient (Wildman–Crippen LogP) is 1.16. The lowest BCUT2D eigenvalue weighted by molar-refractivity contribution is -0.136. The first-order chi connectivity index (χ1) is 8.56. The molecule has 0 aliphatic carbocycles. The van der Waals surface area contributed by atoms with Gasteiger partial charge in [-0.3, -0.25) is 9.59 Å². The van der Waals surface area contributed by atoms with Crippen molar-refractivity contribution in [3.63, 3.8) is 0 Å². The Balaban J connectivity index is 2.23. The third-order valence-electron chi connectivity index (χ3n) is 2.68. The summed E-state index contributed by atoms with van der Waals surface area (Å²) in [5.74, 6) is -1.01. The Morgan fingerprint density at radius 2 is 2.22 bits per heavy atom. The fraction of sp³-hybridized carbons (Fsp3) is 0.231. The van der Waals surface area contributed by atoms with Crippen LogP contribution in [0.25, 0.3) is 0 Å². The lowest BCUT2D eigenvalue weighted by Crippen LogP contribution is -2.21. The number of carbonyl (C=O) groups is 1. The molecule has 0 fully saturated rings. The third kappa shape index (κ3) is 2.68. The maximum Gasteiger partial charge on any atom is 0.308 e. The van der Waals surface area contributed by atoms with Crippen LogP contribution in [-0.2, 0) is 17.8 Å². The van der Waals surface area contributed by atoms with Gasteiger partial charge >= 0.3 is 5.97 Å². The van der Waals surface area contributed by atoms with Crippen molar-refractivity contribution in [3.8, 4) is 0 Å². The lowest BCUT2D eigenvalue weighted by atomic mass is 10.1. The molecule has 0 aliphatic heterocycles. The molecule has 1 heterocycles. The summed E-state index contributed by atoms with van der Waals surface area (Å²) in [6.45, 7) is 2.40. The average molecular weight is 246 g/mol. The van der Waals surface area contributed by atoms with E-state index in [2.05, 4.69) is 5.10 Å². The van der Waals surface area contributed by atoms with E-state index < -0.39 is 5.97 Å². The number of benzene rings is 1. The van der Waals surface area contributed by atoms with Crippen LogP contribution in [0.4, 0.5) is 0 Å². The molecule has 2 rings (SSSR count). The highest BCUT2D eigenvalue weighted by Crippen LogP contribution is 2.05. The number of aromatic nitrogens is 2. The summed E-state index contributed by atoms with van der Waals surface area (Å²) < 4.78 is 1.41. The molecule has 0 bridgehead atoms. The molecule has 0 saturated heterocycles. The van der Waals surface area contributed by atoms with E-state index in [4.69, 9.17) is 5.11 Å². The SMILES string of the molecule is Cc1cccc(Cn2[nH]cc(CC(=O)O)c2=O)c1. The standard InChI is InChI=1S/C13H14N2O3/c1-9-3-2-4-10(5-9)8-15-13(18)11(7-14-15)6-12(16)17/h2-5,7,14H,6,8H2,1H3,(H,16,17). The highest BCUT2D eigenvalue weighted by molar-refractivity contribution is 5.69. The van der Waals surface area contributed by atoms with Gasteiger partial charge in [0.1, 0.15) is 0 Å². The van der Waals surface area contributed by atoms with E-state index in [0.29, 0.717) is 6.54 Å². The van der Waals surface area contributed by atoms with Gasteiger partial charge in [-0.1, -0.05) is 29.8 Å². The molecule has 18 heavy (non-hydrogen) atoms. The smallest absolute Gasteiger partial charge is 0.308 e. The second-order valence-corrected chi connectivity index (χ2v) is 4.25. The van der Waals surface area contributed by atoms with Crippen molar-refractivity contribution >= 4 is 5.97 Å². The molecule has 5 nitrogen and oxygen atoms in total. The topological polar surface area (TPSA) is 75.1 Å². The number of aryl methyl sites for hydroxylation is 1. The summed E-state index contributed by atoms with van der Waals surface area (Å²) >= 11 is 0. The van der Waals surface area contributed by atoms with Crippen molar-refractivity contribution in [1.29, 1.82) is 0 Å². The molecule has 0 radical (unpaired) electrons. The van der Waals surface area contributed by atoms with E-state index in [1.54, 1.807) is 0 Å². The van der Waals surface area contributed by atoms with Crippen LogP contribution in [0.2, 0.25) is 0 Å². The summed E-state index contributed by atoms with van der Waals surface area (Å²) in [6, 6.07) is 7.83. The maximum absolute atomic E-state index is 11.9. The molecular formula is C13H14N2O3. The summed E-state index contributed by atoms with van der Waals surface area (Å²) in [5, 5.41) is 11.5. The van der Waals surface area contributed by atoms with Gasteiger partial charge in [0.05, 0.1) is 13.0 Å². The molecule has 1 aromatic heterocycles. The predicted molar refractivity (Wildman–Crippen MR) is 66.7 cm³/mol. The molecule has 0 amide bonds. The second-order valence-electron chi connectivity index (χ2n) is 4.25. The Labute approximate surface area is 104 Å². The van der Waals surface area contributed by atoms with Crippen LogP contribution in [0, 0.1) is 6.92 Å². The van der Waals surface area contributed by atoms with Crippen molar-refractivity contribution in [2.24, 2.45) is 0 Å². The van der Waals surface area contributed by atoms with Crippen LogP contribution in [0.3, 0.4) is 0 Å². The van der Waals surface area contributed by atoms with E-state index in [1.165, 1.54) is 10.9 Å². The minimum Gasteiger partial charge on any atom is -0.481 e. The zero-order valence-electron chi connectivity index (χ0n) is 10.0. The molecule has 2 N–H and O–H groups in total. The summed E-state index contributed by atoms with van der Waals surface area (Å²) in [5.41, 5.74) is 2.12. The quantitative estimate of drug-likeness (QED) is 0.850. The van der Waals surface area contributed by atoms with Crippen LogP contribution in [0.5, 0.6) is 0 Å². The van der Waals surface area contributed by atoms with Gasteiger partial charge in [0.2, 0.25) is 0 Å². The van der Waals surface area contributed by atoms with Crippen molar-refractivity contribution in [2.75, 3.05) is 0 Å². The molecule has 0 unspecified atom stereocenters. The largest absolute Gasteiger partial charge is 0.481 e. The van der Waals surface area contributed by atoms with Crippen molar-refractivity contribution < 1.29 is 9.90 Å². The number of rotatable bonds is 4. The molecule has 0 spiro atoms. The Bertz CT molecular complexity index is 625. The molecule has 0 aliphatic rings. The van der Waals surface area contributed by atoms with Gasteiger partial charge in [-0.05, 0) is 12.5 Å². The van der Waals surface area contributed by atoms with E-state index in [1.807, 2.05) is 31.2 Å². The average Bonchev–Trinajstić information content (AvgIpc) is 2.61. The first-order valence-corrected chi connectivity index (χ1v) is 5.60. The van der Waals surface area contributed by atoms with E-state index in [-0.39, 0.29) is 17.5 Å². The number of nitrogens with one attached hydrogen (secondary N) is 1. The van der Waals surface area contributed by atoms with Gasteiger partial charge in [-0.2, -0.15) is 0 Å². The molecule has 1 aromatic carbocycles. The van der Waals surface area contributed by atoms with Gasteiger partial charge in [0.25, 0.3) is 5.56 Å². The zero-order valence-corrected chi connectivity index (χ0v) is 10.0. The molecule has 0 atom stereocenters. The van der Waals surface area contributed by atoms with Crippen LogP contribution < -0.4 is 5.56 Å². The van der Waals surface area contributed by atoms with Crippen molar-refractivity contribution in [3.05, 3.63) is 57.5 Å². The first kappa shape index (κ1) is 12.2. The Kier molecular flexibility index (Phi) is 3.32. The number of nitrogens with zero attached hydrogens (tertiary/aromatic N) is 1. The van der Waals surface area contributed by atoms with Crippen LogP contribution >= 0.6 is 0 Å². The minimum atomic E-state index is -1.01. The second kappa shape index (κ2) is 4.91. The normalized spacial score (nSPS) is 10.5. The molecule has 2 aromatic rings. The van der Waals surface area contributed by atoms with Crippen molar-refractivity contribution in [2.45, 2.75) is 19.9 Å². The van der Waals surface area contributed by atoms with Crippen LogP contribution in [0.15, 0.2) is 35.3 Å². The zero-order chi connectivity index (χ0) is 13.1. The number of hydrogen-bond acceptors (Lipinski definition) is 2. The van der Waals surface area contributed by atoms with Gasteiger partial charge in [0, 0.05) is 11.8 Å². The summed E-state index contributed by atoms with van der Waals surface area (Å²) in [6.07, 6.45) is 1.20. The van der Waals surface area contributed by atoms with E-state index in [0.717, 1.165) is 11.1 Å². The van der Waals surface area contributed by atoms with E-state index in [9.17, 15) is 9.59 Å². The van der Waals surface area contributed by atoms with Gasteiger partial charge < -0.3 is 10.2 Å². The highest BCUT2D eigenvalue weighted by atomic mass is 16.4. The molecule has 94 valence electrons. The van der Waals surface area contributed by atoms with Gasteiger partial charge in [-0.15, -0.1) is 0 Å². The van der Waals surface area contributed by atoms with E-state index >= 15 is 0 Å². The number of carboxylic acids is 1. The first-order valence-electron chi connectivity index (χ1n) is 5.60. The van der Waals surface area contributed by atoms with Gasteiger partial charge in [-0.25, -0.2) is 4.68 Å². The highest BCUT2D eigenvalue weighted by Gasteiger charge is 2.09. The third-order valence-corrected chi connectivity index (χ3v) is 2.68. The Hall–Kier alpha value is -2.30. The minimum absolute atomic E-state index is 0.254. The number of aromatic amines is 1. The molecular weight excluding hydrogens is 232 g/mol. The van der Waals surface area contributed by atoms with Crippen LogP contribution in [0.1, 0.15) is 16.7 Å². The molecule has 0 saturated carbocycles. The Morgan fingerprint density at radius 1 is 1.44 bits per heavy atom. The number of hydrogen-bond donors (Lipinski definition) is 2. The maximum atomic E-state index is 11.9. The number of aliphatic carboxylic acids is 1. The fourth-order valence-electron chi connectivity index (χ4n) is 1.85. The molecule has 5 heteroatoms. The van der Waals surface area contributed by atoms with Crippen LogP contribution in [-0.4, -0.2) is 20.9 Å². The van der Waals surface area contributed by atoms with Gasteiger partial charge in [0.15, 0.2) is 0 Å². The fourth-order valence-corrected chi connectivity index (χ4v) is 1.85. The number of H-pyrrole nitrogens is 1. The van der Waals surface area contributed by atoms with Crippen molar-refractivity contribution in [1.82, 2.24) is 9.78 Å². The monoisotopic (exact) mass is 246 g/mol.